The predicted molar refractivity (Wildman–Crippen MR) is 89.4 cm³/mol. The molecule has 1 aliphatic heterocycles. The minimum Gasteiger partial charge on any atom is -0.319 e. The predicted octanol–water partition coefficient (Wildman–Crippen LogP) is 1.96. The van der Waals surface area contributed by atoms with Crippen LogP contribution in [0.25, 0.3) is 0 Å². The molecular formula is C15H24N2O2S2. The largest absolute Gasteiger partial charge is 0.319 e. The molecule has 1 unspecified atom stereocenters. The fraction of sp³-hybridized carbons (Fsp3) is 0.600. The zero-order valence-corrected chi connectivity index (χ0v) is 14.3. The maximum absolute atomic E-state index is 12.7. The van der Waals surface area contributed by atoms with Gasteiger partial charge in [-0.2, -0.15) is 16.1 Å². The summed E-state index contributed by atoms with van der Waals surface area (Å²) >= 11 is 1.88. The number of hydrogen-bond donors (Lipinski definition) is 1. The van der Waals surface area contributed by atoms with Crippen LogP contribution in [0.2, 0.25) is 0 Å². The van der Waals surface area contributed by atoms with E-state index in [1.54, 1.807) is 16.4 Å². The van der Waals surface area contributed by atoms with E-state index < -0.39 is 10.0 Å². The number of rotatable bonds is 6. The van der Waals surface area contributed by atoms with Gasteiger partial charge in [0.1, 0.15) is 0 Å². The second kappa shape index (κ2) is 7.63. The molecule has 1 N–H and O–H groups in total. The maximum Gasteiger partial charge on any atom is 0.243 e. The average Bonchev–Trinajstić information content (AvgIpc) is 2.53. The van der Waals surface area contributed by atoms with Crippen molar-refractivity contribution in [3.8, 4) is 0 Å². The smallest absolute Gasteiger partial charge is 0.243 e. The van der Waals surface area contributed by atoms with E-state index in [9.17, 15) is 8.42 Å². The molecule has 2 rings (SSSR count). The molecule has 1 aliphatic rings. The third-order valence-electron chi connectivity index (χ3n) is 3.78. The fourth-order valence-electron chi connectivity index (χ4n) is 2.40. The number of benzene rings is 1. The van der Waals surface area contributed by atoms with Gasteiger partial charge in [0.15, 0.2) is 0 Å². The van der Waals surface area contributed by atoms with Crippen LogP contribution in [0, 0.1) is 0 Å². The van der Waals surface area contributed by atoms with Crippen LogP contribution in [0.15, 0.2) is 29.2 Å². The van der Waals surface area contributed by atoms with Crippen LogP contribution in [0.1, 0.15) is 18.9 Å². The Kier molecular flexibility index (Phi) is 6.10. The van der Waals surface area contributed by atoms with Crippen molar-refractivity contribution in [1.29, 1.82) is 0 Å². The first kappa shape index (κ1) is 16.8. The van der Waals surface area contributed by atoms with Crippen molar-refractivity contribution >= 4 is 21.8 Å². The van der Waals surface area contributed by atoms with E-state index in [0.29, 0.717) is 23.2 Å². The Balaban J connectivity index is 2.11. The molecule has 0 spiro atoms. The molecule has 0 bridgehead atoms. The van der Waals surface area contributed by atoms with Gasteiger partial charge in [-0.3, -0.25) is 0 Å². The van der Waals surface area contributed by atoms with Gasteiger partial charge in [0.05, 0.1) is 4.90 Å². The van der Waals surface area contributed by atoms with Crippen molar-refractivity contribution < 1.29 is 8.42 Å². The lowest BCUT2D eigenvalue weighted by molar-refractivity contribution is 0.416. The summed E-state index contributed by atoms with van der Waals surface area (Å²) in [7, 11) is -1.42. The van der Waals surface area contributed by atoms with Crippen LogP contribution >= 0.6 is 11.8 Å². The highest BCUT2D eigenvalue weighted by Gasteiger charge is 2.29. The SMILES string of the molecule is CCC1CN(S(=O)(=O)c2ccc(CCNC)cc2)CCS1. The molecule has 0 aromatic heterocycles. The Labute approximate surface area is 132 Å². The van der Waals surface area contributed by atoms with Crippen LogP contribution in [-0.2, 0) is 16.4 Å². The van der Waals surface area contributed by atoms with Crippen LogP contribution in [0.5, 0.6) is 0 Å². The van der Waals surface area contributed by atoms with E-state index in [1.807, 2.05) is 30.9 Å². The van der Waals surface area contributed by atoms with Gasteiger partial charge >= 0.3 is 0 Å². The molecule has 0 saturated carbocycles. The van der Waals surface area contributed by atoms with E-state index in [2.05, 4.69) is 12.2 Å². The van der Waals surface area contributed by atoms with Gasteiger partial charge in [-0.25, -0.2) is 8.42 Å². The lowest BCUT2D eigenvalue weighted by atomic mass is 10.1. The zero-order valence-electron chi connectivity index (χ0n) is 12.7. The molecule has 1 aromatic rings. The van der Waals surface area contributed by atoms with Gasteiger partial charge in [0.2, 0.25) is 10.0 Å². The van der Waals surface area contributed by atoms with Crippen molar-refractivity contribution in [2.45, 2.75) is 29.9 Å². The maximum atomic E-state index is 12.7. The average molecular weight is 329 g/mol. The van der Waals surface area contributed by atoms with Crippen molar-refractivity contribution in [3.05, 3.63) is 29.8 Å². The highest BCUT2D eigenvalue weighted by Crippen LogP contribution is 2.26. The monoisotopic (exact) mass is 328 g/mol. The van der Waals surface area contributed by atoms with Crippen molar-refractivity contribution in [2.24, 2.45) is 0 Å². The molecule has 4 nitrogen and oxygen atoms in total. The van der Waals surface area contributed by atoms with Crippen LogP contribution in [0.4, 0.5) is 0 Å². The summed E-state index contributed by atoms with van der Waals surface area (Å²) in [5.74, 6) is 0.887. The first-order valence-corrected chi connectivity index (χ1v) is 9.92. The lowest BCUT2D eigenvalue weighted by Gasteiger charge is -2.31. The molecule has 6 heteroatoms. The molecule has 1 saturated heterocycles. The van der Waals surface area contributed by atoms with Gasteiger partial charge in [-0.1, -0.05) is 19.1 Å². The number of hydrogen-bond acceptors (Lipinski definition) is 4. The minimum atomic E-state index is -3.34. The molecule has 1 heterocycles. The summed E-state index contributed by atoms with van der Waals surface area (Å²) in [4.78, 5) is 0.414. The second-order valence-electron chi connectivity index (χ2n) is 5.26. The number of likely N-dealkylation sites (N-methyl/N-ethyl adjacent to an activating group) is 1. The zero-order chi connectivity index (χ0) is 15.3. The summed E-state index contributed by atoms with van der Waals surface area (Å²) in [5.41, 5.74) is 1.16. The summed E-state index contributed by atoms with van der Waals surface area (Å²) in [6.07, 6.45) is 1.93. The van der Waals surface area contributed by atoms with Gasteiger partial charge in [-0.05, 0) is 44.1 Å². The summed E-state index contributed by atoms with van der Waals surface area (Å²) in [6, 6.07) is 7.31. The van der Waals surface area contributed by atoms with Crippen molar-refractivity contribution in [3.63, 3.8) is 0 Å². The quantitative estimate of drug-likeness (QED) is 0.867. The van der Waals surface area contributed by atoms with E-state index in [0.717, 1.165) is 30.7 Å². The van der Waals surface area contributed by atoms with E-state index >= 15 is 0 Å². The number of nitrogens with one attached hydrogen (secondary N) is 1. The number of sulfonamides is 1. The molecule has 0 aliphatic carbocycles. The van der Waals surface area contributed by atoms with E-state index in [-0.39, 0.29) is 0 Å². The minimum absolute atomic E-state index is 0.414. The molecule has 0 radical (unpaired) electrons. The molecule has 1 aromatic carbocycles. The Morgan fingerprint density at radius 3 is 2.67 bits per heavy atom. The Hall–Kier alpha value is -0.560. The van der Waals surface area contributed by atoms with Crippen LogP contribution in [0.3, 0.4) is 0 Å². The van der Waals surface area contributed by atoms with Crippen LogP contribution < -0.4 is 5.32 Å². The molecule has 21 heavy (non-hydrogen) atoms. The second-order valence-corrected chi connectivity index (χ2v) is 8.61. The molecule has 118 valence electrons. The fourth-order valence-corrected chi connectivity index (χ4v) is 5.28. The highest BCUT2D eigenvalue weighted by atomic mass is 32.2. The van der Waals surface area contributed by atoms with E-state index in [4.69, 9.17) is 0 Å². The topological polar surface area (TPSA) is 49.4 Å². The number of nitrogens with zero attached hydrogens (tertiary/aromatic N) is 1. The lowest BCUT2D eigenvalue weighted by Crippen LogP contribution is -2.41. The Morgan fingerprint density at radius 2 is 2.05 bits per heavy atom. The molecule has 1 atom stereocenters. The van der Waals surface area contributed by atoms with Gasteiger partial charge < -0.3 is 5.32 Å². The van der Waals surface area contributed by atoms with Crippen molar-refractivity contribution in [1.82, 2.24) is 9.62 Å². The van der Waals surface area contributed by atoms with E-state index in [1.165, 1.54) is 0 Å². The molecular weight excluding hydrogens is 304 g/mol. The first-order chi connectivity index (χ1) is 10.1. The van der Waals surface area contributed by atoms with Gasteiger partial charge in [0, 0.05) is 24.1 Å². The number of thioether (sulfide) groups is 1. The highest BCUT2D eigenvalue weighted by molar-refractivity contribution is 8.00. The third-order valence-corrected chi connectivity index (χ3v) is 7.03. The van der Waals surface area contributed by atoms with Crippen molar-refractivity contribution in [2.75, 3.05) is 32.4 Å². The molecule has 0 amide bonds. The Morgan fingerprint density at radius 1 is 1.33 bits per heavy atom. The standard InChI is InChI=1S/C15H24N2O2S2/c1-3-14-12-17(10-11-20-14)21(18,19)15-6-4-13(5-7-15)8-9-16-2/h4-7,14,16H,3,8-12H2,1-2H3. The third kappa shape index (κ3) is 4.22. The molecule has 1 fully saturated rings. The normalized spacial score (nSPS) is 20.6. The van der Waals surface area contributed by atoms with Gasteiger partial charge in [-0.15, -0.1) is 0 Å². The summed E-state index contributed by atoms with van der Waals surface area (Å²) < 4.78 is 27.0. The Bertz CT molecular complexity index is 543. The van der Waals surface area contributed by atoms with Crippen LogP contribution in [-0.4, -0.2) is 50.4 Å². The first-order valence-electron chi connectivity index (χ1n) is 7.43. The van der Waals surface area contributed by atoms with Gasteiger partial charge in [0.25, 0.3) is 0 Å². The summed E-state index contributed by atoms with van der Waals surface area (Å²) in [6.45, 7) is 4.26. The summed E-state index contributed by atoms with van der Waals surface area (Å²) in [5, 5.41) is 3.52.